The third-order valence-corrected chi connectivity index (χ3v) is 8.94. The van der Waals surface area contributed by atoms with Crippen LogP contribution in [0.15, 0.2) is 21.7 Å². The molecule has 2 heterocycles. The van der Waals surface area contributed by atoms with Crippen molar-refractivity contribution in [1.29, 1.82) is 0 Å². The maximum Gasteiger partial charge on any atom is 0.418 e. The first-order valence-electron chi connectivity index (χ1n) is 10.9. The highest BCUT2D eigenvalue weighted by Crippen LogP contribution is 2.58. The Bertz CT molecular complexity index is 905. The van der Waals surface area contributed by atoms with Gasteiger partial charge < -0.3 is 9.47 Å². The Labute approximate surface area is 203 Å². The lowest BCUT2D eigenvalue weighted by molar-refractivity contribution is 0.0110. The maximum atomic E-state index is 14.7. The predicted octanol–water partition coefficient (Wildman–Crippen LogP) is 6.24. The van der Waals surface area contributed by atoms with Crippen LogP contribution in [0.1, 0.15) is 39.7 Å². The van der Waals surface area contributed by atoms with Crippen LogP contribution in [-0.2, 0) is 15.0 Å². The van der Waals surface area contributed by atoms with Crippen molar-refractivity contribution in [3.63, 3.8) is 0 Å². The average molecular weight is 547 g/mol. The Kier molecular flexibility index (Phi) is 7.49. The van der Waals surface area contributed by atoms with E-state index in [2.05, 4.69) is 40.6 Å². The number of thioether (sulfide) groups is 1. The first kappa shape index (κ1) is 25.6. The first-order chi connectivity index (χ1) is 14.7. The fourth-order valence-corrected chi connectivity index (χ4v) is 6.12. The summed E-state index contributed by atoms with van der Waals surface area (Å²) in [4.78, 5) is 23.3. The number of amidine groups is 1. The number of hydrogen-bond donors (Lipinski definition) is 0. The minimum absolute atomic E-state index is 0.0535. The summed E-state index contributed by atoms with van der Waals surface area (Å²) in [5, 5.41) is 0.769. The third-order valence-electron chi connectivity index (χ3n) is 5.45. The van der Waals surface area contributed by atoms with Crippen LogP contribution in [0.4, 0.5) is 9.18 Å². The van der Waals surface area contributed by atoms with Gasteiger partial charge in [-0.1, -0.05) is 31.4 Å². The minimum Gasteiger partial charge on any atom is -0.443 e. The van der Waals surface area contributed by atoms with Crippen molar-refractivity contribution in [2.24, 2.45) is 10.9 Å². The lowest BCUT2D eigenvalue weighted by Crippen LogP contribution is -2.44. The molecule has 178 valence electrons. The molecule has 1 aliphatic heterocycles. The van der Waals surface area contributed by atoms with Crippen molar-refractivity contribution in [2.75, 3.05) is 13.3 Å². The first-order valence-corrected chi connectivity index (χ1v) is 16.2. The summed E-state index contributed by atoms with van der Waals surface area (Å²) in [6.45, 7) is 14.9. The van der Waals surface area contributed by atoms with E-state index in [-0.39, 0.29) is 17.9 Å². The van der Waals surface area contributed by atoms with Gasteiger partial charge in [-0.15, -0.1) is 0 Å². The Morgan fingerprint density at radius 2 is 2.09 bits per heavy atom. The molecular weight excluding hydrogens is 513 g/mol. The third kappa shape index (κ3) is 6.33. The van der Waals surface area contributed by atoms with Gasteiger partial charge >= 0.3 is 6.09 Å². The number of aliphatic imine (C=N–C) groups is 1. The summed E-state index contributed by atoms with van der Waals surface area (Å²) < 4.78 is 27.0. The minimum atomic E-state index is -1.27. The second-order valence-electron chi connectivity index (χ2n) is 10.8. The molecule has 1 amide bonds. The molecule has 3 atom stereocenters. The number of amides is 1. The molecule has 0 unspecified atom stereocenters. The van der Waals surface area contributed by atoms with Gasteiger partial charge in [0.1, 0.15) is 12.3 Å². The highest BCUT2D eigenvalue weighted by atomic mass is 79.9. The van der Waals surface area contributed by atoms with E-state index in [1.807, 2.05) is 27.7 Å². The highest BCUT2D eigenvalue weighted by Gasteiger charge is 2.57. The second-order valence-corrected chi connectivity index (χ2v) is 18.5. The normalized spacial score (nSPS) is 25.1. The van der Waals surface area contributed by atoms with Crippen LogP contribution in [0.5, 0.6) is 0 Å². The van der Waals surface area contributed by atoms with E-state index in [1.54, 1.807) is 17.8 Å². The number of hydrogen-bond acceptors (Lipinski definition) is 6. The smallest absolute Gasteiger partial charge is 0.418 e. The molecule has 0 saturated heterocycles. The van der Waals surface area contributed by atoms with Crippen LogP contribution in [0.25, 0.3) is 0 Å². The van der Waals surface area contributed by atoms with Crippen molar-refractivity contribution in [1.82, 2.24) is 9.88 Å². The van der Waals surface area contributed by atoms with Gasteiger partial charge in [0.25, 0.3) is 0 Å². The van der Waals surface area contributed by atoms with Crippen LogP contribution >= 0.6 is 27.7 Å². The van der Waals surface area contributed by atoms with E-state index < -0.39 is 31.3 Å². The molecule has 0 spiro atoms. The largest absolute Gasteiger partial charge is 0.443 e. The summed E-state index contributed by atoms with van der Waals surface area (Å²) in [5.41, 5.74) is -1.04. The monoisotopic (exact) mass is 545 g/mol. The molecule has 1 aromatic rings. The molecule has 3 rings (SSSR count). The summed E-state index contributed by atoms with van der Waals surface area (Å²) in [6, 6.07) is 2.73. The SMILES string of the molecule is CC(C)(C)OC(=O)N(COCC[Si](C)(C)C)C1=N[C@](C)(c2cc(Br)cnc2F)[C@@H]2C[C@@H]2S1. The van der Waals surface area contributed by atoms with Crippen molar-refractivity contribution < 1.29 is 18.7 Å². The molecule has 10 heteroatoms. The number of aromatic nitrogens is 1. The van der Waals surface area contributed by atoms with Crippen LogP contribution in [0.3, 0.4) is 0 Å². The number of fused-ring (bicyclic) bond motifs is 1. The van der Waals surface area contributed by atoms with Crippen LogP contribution in [0, 0.1) is 11.9 Å². The number of rotatable bonds is 6. The Hall–Kier alpha value is -0.973. The van der Waals surface area contributed by atoms with Gasteiger partial charge in [0.15, 0.2) is 5.17 Å². The summed E-state index contributed by atoms with van der Waals surface area (Å²) in [7, 11) is -1.27. The van der Waals surface area contributed by atoms with E-state index in [0.29, 0.717) is 21.8 Å². The van der Waals surface area contributed by atoms with Gasteiger partial charge in [-0.25, -0.2) is 14.7 Å². The molecule has 0 aromatic carbocycles. The fourth-order valence-electron chi connectivity index (χ4n) is 3.54. The number of halogens is 2. The molecule has 0 radical (unpaired) electrons. The predicted molar refractivity (Wildman–Crippen MR) is 133 cm³/mol. The lowest BCUT2D eigenvalue weighted by atomic mass is 9.88. The van der Waals surface area contributed by atoms with E-state index in [9.17, 15) is 9.18 Å². The highest BCUT2D eigenvalue weighted by molar-refractivity contribution is 9.10. The van der Waals surface area contributed by atoms with Crippen LogP contribution in [0.2, 0.25) is 25.7 Å². The van der Waals surface area contributed by atoms with Gasteiger partial charge in [0.05, 0.1) is 5.54 Å². The number of carbonyl (C=O) groups excluding carboxylic acids is 1. The molecular formula is C22H33BrFN3O3SSi. The van der Waals surface area contributed by atoms with Crippen molar-refractivity contribution >= 4 is 47.0 Å². The van der Waals surface area contributed by atoms with E-state index in [0.717, 1.165) is 12.5 Å². The van der Waals surface area contributed by atoms with Crippen LogP contribution < -0.4 is 0 Å². The van der Waals surface area contributed by atoms with Crippen LogP contribution in [-0.4, -0.2) is 53.4 Å². The molecule has 1 aliphatic carbocycles. The molecule has 2 aliphatic rings. The van der Waals surface area contributed by atoms with Gasteiger partial charge in [0.2, 0.25) is 5.95 Å². The number of carbonyl (C=O) groups is 1. The topological polar surface area (TPSA) is 64.0 Å². The van der Waals surface area contributed by atoms with Gasteiger partial charge in [-0.3, -0.25) is 4.99 Å². The number of nitrogens with zero attached hydrogens (tertiary/aromatic N) is 3. The average Bonchev–Trinajstić information content (AvgIpc) is 3.41. The molecule has 0 bridgehead atoms. The molecule has 1 saturated carbocycles. The summed E-state index contributed by atoms with van der Waals surface area (Å²) >= 11 is 4.94. The van der Waals surface area contributed by atoms with Gasteiger partial charge in [-0.2, -0.15) is 4.39 Å². The Morgan fingerprint density at radius 1 is 1.41 bits per heavy atom. The quantitative estimate of drug-likeness (QED) is 0.183. The molecule has 1 fully saturated rings. The van der Waals surface area contributed by atoms with E-state index in [1.165, 1.54) is 11.1 Å². The number of pyridine rings is 1. The molecule has 0 N–H and O–H groups in total. The zero-order valence-electron chi connectivity index (χ0n) is 19.9. The van der Waals surface area contributed by atoms with E-state index in [4.69, 9.17) is 14.5 Å². The number of ether oxygens (including phenoxy) is 2. The van der Waals surface area contributed by atoms with Gasteiger partial charge in [0, 0.05) is 42.1 Å². The van der Waals surface area contributed by atoms with Crippen molar-refractivity contribution in [3.05, 3.63) is 28.2 Å². The standard InChI is InChI=1S/C22H33BrFN3O3SSi/c1-21(2,3)30-20(28)27(13-29-8-9-32(5,6)7)19-26-22(4,15-11-17(15)31-19)16-10-14(23)12-25-18(16)24/h10,12,15,17H,8-9,11,13H2,1-7H3/t15-,17+,22+/m1/s1. The second kappa shape index (κ2) is 9.35. The van der Waals surface area contributed by atoms with Crippen molar-refractivity contribution in [3.8, 4) is 0 Å². The molecule has 1 aromatic heterocycles. The van der Waals surface area contributed by atoms with E-state index >= 15 is 0 Å². The molecule has 32 heavy (non-hydrogen) atoms. The lowest BCUT2D eigenvalue weighted by Gasteiger charge is -2.34. The summed E-state index contributed by atoms with van der Waals surface area (Å²) in [6.07, 6.45) is 1.83. The summed E-state index contributed by atoms with van der Waals surface area (Å²) in [5.74, 6) is -0.346. The fraction of sp³-hybridized carbons (Fsp3) is 0.682. The molecule has 6 nitrogen and oxygen atoms in total. The van der Waals surface area contributed by atoms with Gasteiger partial charge in [-0.05, 0) is 62.2 Å². The maximum absolute atomic E-state index is 14.7. The van der Waals surface area contributed by atoms with Crippen molar-refractivity contribution in [2.45, 2.75) is 76.2 Å². The zero-order chi connectivity index (χ0) is 23.9. The zero-order valence-corrected chi connectivity index (χ0v) is 23.3. The Balaban J connectivity index is 1.90. The Morgan fingerprint density at radius 3 is 2.72 bits per heavy atom.